The number of nitro groups is 1. The Labute approximate surface area is 190 Å². The second kappa shape index (κ2) is 9.86. The minimum atomic E-state index is -0.604. The van der Waals surface area contributed by atoms with Gasteiger partial charge in [-0.05, 0) is 56.9 Å². The second-order valence-corrected chi connectivity index (χ2v) is 9.05. The quantitative estimate of drug-likeness (QED) is 0.273. The highest BCUT2D eigenvalue weighted by Crippen LogP contribution is 2.34. The Morgan fingerprint density at radius 3 is 2.56 bits per heavy atom. The smallest absolute Gasteiger partial charge is 0.413 e. The lowest BCUT2D eigenvalue weighted by Gasteiger charge is -2.20. The number of pyridine rings is 1. The second-order valence-electron chi connectivity index (χ2n) is 8.05. The zero-order valence-electron chi connectivity index (χ0n) is 18.3. The van der Waals surface area contributed by atoms with E-state index in [1.54, 1.807) is 51.2 Å². The summed E-state index contributed by atoms with van der Waals surface area (Å²) in [6, 6.07) is 13.8. The third-order valence-electron chi connectivity index (χ3n) is 4.43. The van der Waals surface area contributed by atoms with Crippen LogP contribution in [-0.4, -0.2) is 33.3 Å². The van der Waals surface area contributed by atoms with Gasteiger partial charge in [-0.25, -0.2) is 9.78 Å². The molecule has 0 bridgehead atoms. The van der Waals surface area contributed by atoms with Crippen molar-refractivity contribution in [2.24, 2.45) is 0 Å². The molecule has 0 aliphatic heterocycles. The van der Waals surface area contributed by atoms with Gasteiger partial charge in [0.25, 0.3) is 5.69 Å². The molecule has 3 rings (SSSR count). The van der Waals surface area contributed by atoms with E-state index in [1.807, 2.05) is 24.5 Å². The minimum Gasteiger partial charge on any atom is -0.479 e. The van der Waals surface area contributed by atoms with Gasteiger partial charge in [-0.3, -0.25) is 15.4 Å². The molecular formula is C23H25N3O5S. The van der Waals surface area contributed by atoms with E-state index in [-0.39, 0.29) is 11.1 Å². The topological polar surface area (TPSA) is 104 Å². The number of hydrogen-bond acceptors (Lipinski definition) is 7. The van der Waals surface area contributed by atoms with E-state index in [0.29, 0.717) is 28.8 Å². The summed E-state index contributed by atoms with van der Waals surface area (Å²) in [6.45, 7) is 5.37. The molecule has 0 radical (unpaired) electrons. The molecule has 0 fully saturated rings. The number of fused-ring (bicyclic) bond motifs is 1. The minimum absolute atomic E-state index is 0.0423. The maximum Gasteiger partial charge on any atom is 0.413 e. The van der Waals surface area contributed by atoms with Gasteiger partial charge in [-0.15, -0.1) is 11.8 Å². The van der Waals surface area contributed by atoms with E-state index in [4.69, 9.17) is 9.47 Å². The van der Waals surface area contributed by atoms with Crippen LogP contribution in [0.1, 0.15) is 26.3 Å². The summed E-state index contributed by atoms with van der Waals surface area (Å²) in [7, 11) is 0. The van der Waals surface area contributed by atoms with Crippen LogP contribution < -0.4 is 10.1 Å². The van der Waals surface area contributed by atoms with Gasteiger partial charge in [0, 0.05) is 24.1 Å². The van der Waals surface area contributed by atoms with Crippen LogP contribution in [0.4, 0.5) is 16.3 Å². The van der Waals surface area contributed by atoms with E-state index in [2.05, 4.69) is 10.3 Å². The number of amides is 1. The van der Waals surface area contributed by atoms with Crippen LogP contribution in [0, 0.1) is 10.1 Å². The predicted molar refractivity (Wildman–Crippen MR) is 126 cm³/mol. The maximum atomic E-state index is 12.0. The van der Waals surface area contributed by atoms with E-state index in [9.17, 15) is 14.9 Å². The van der Waals surface area contributed by atoms with Crippen LogP contribution in [0.5, 0.6) is 5.75 Å². The fourth-order valence-corrected chi connectivity index (χ4v) is 3.66. The van der Waals surface area contributed by atoms with E-state index < -0.39 is 16.6 Å². The molecule has 1 amide bonds. The summed E-state index contributed by atoms with van der Waals surface area (Å²) in [5.41, 5.74) is 0.0985. The maximum absolute atomic E-state index is 12.0. The lowest BCUT2D eigenvalue weighted by molar-refractivity contribution is -0.383. The first-order valence-electron chi connectivity index (χ1n) is 9.97. The van der Waals surface area contributed by atoms with Gasteiger partial charge in [0.2, 0.25) is 0 Å². The fraction of sp³-hybridized carbons (Fsp3) is 0.304. The number of rotatable bonds is 7. The van der Waals surface area contributed by atoms with Crippen molar-refractivity contribution in [3.05, 3.63) is 70.4 Å². The standard InChI is InChI=1S/C23H25N3O5S/c1-23(2,3)31-22(27)25-20-13-15(11-12-24-20)14-21(32-4)30-19-10-9-18(26(28)29)16-7-5-6-8-17(16)19/h5-13,21H,14H2,1-4H3,(H,24,25,27). The molecule has 2 aromatic carbocycles. The van der Waals surface area contributed by atoms with Gasteiger partial charge in [0.05, 0.1) is 10.3 Å². The Hall–Kier alpha value is -3.33. The Morgan fingerprint density at radius 1 is 1.19 bits per heavy atom. The molecule has 1 unspecified atom stereocenters. The van der Waals surface area contributed by atoms with E-state index >= 15 is 0 Å². The highest BCUT2D eigenvalue weighted by atomic mass is 32.2. The number of nitrogens with zero attached hydrogens (tertiary/aromatic N) is 2. The molecule has 1 N–H and O–H groups in total. The zero-order chi connectivity index (χ0) is 23.3. The van der Waals surface area contributed by atoms with Gasteiger partial charge in [0.15, 0.2) is 0 Å². The number of anilines is 1. The Balaban J connectivity index is 1.76. The number of non-ortho nitro benzene ring substituents is 1. The average molecular weight is 456 g/mol. The summed E-state index contributed by atoms with van der Waals surface area (Å²) < 4.78 is 11.5. The van der Waals surface area contributed by atoms with Crippen molar-refractivity contribution < 1.29 is 19.2 Å². The summed E-state index contributed by atoms with van der Waals surface area (Å²) in [6.07, 6.45) is 3.51. The van der Waals surface area contributed by atoms with Crippen LogP contribution in [0.25, 0.3) is 10.8 Å². The molecule has 0 spiro atoms. The predicted octanol–water partition coefficient (Wildman–Crippen LogP) is 5.80. The van der Waals surface area contributed by atoms with Crippen molar-refractivity contribution >= 4 is 40.1 Å². The number of carbonyl (C=O) groups excluding carboxylic acids is 1. The number of nitrogens with one attached hydrogen (secondary N) is 1. The van der Waals surface area contributed by atoms with E-state index in [1.165, 1.54) is 17.8 Å². The summed E-state index contributed by atoms with van der Waals surface area (Å²) in [4.78, 5) is 27.1. The Morgan fingerprint density at radius 2 is 1.91 bits per heavy atom. The molecule has 0 aliphatic rings. The van der Waals surface area contributed by atoms with Gasteiger partial charge < -0.3 is 9.47 Å². The van der Waals surface area contributed by atoms with Gasteiger partial charge in [0.1, 0.15) is 22.6 Å². The van der Waals surface area contributed by atoms with Gasteiger partial charge >= 0.3 is 6.09 Å². The first kappa shape index (κ1) is 23.3. The Bertz CT molecular complexity index is 1130. The van der Waals surface area contributed by atoms with Crippen molar-refractivity contribution in [1.82, 2.24) is 4.98 Å². The number of thioether (sulfide) groups is 1. The van der Waals surface area contributed by atoms with Crippen LogP contribution in [0.15, 0.2) is 54.7 Å². The summed E-state index contributed by atoms with van der Waals surface area (Å²) >= 11 is 1.52. The molecule has 8 nitrogen and oxygen atoms in total. The van der Waals surface area contributed by atoms with E-state index in [0.717, 1.165) is 5.56 Å². The van der Waals surface area contributed by atoms with Crippen molar-refractivity contribution in [1.29, 1.82) is 0 Å². The fourth-order valence-electron chi connectivity index (χ4n) is 3.10. The molecule has 168 valence electrons. The molecule has 1 atom stereocenters. The highest BCUT2D eigenvalue weighted by Gasteiger charge is 2.19. The number of benzene rings is 2. The van der Waals surface area contributed by atoms with Crippen LogP contribution >= 0.6 is 11.8 Å². The number of ether oxygens (including phenoxy) is 2. The molecular weight excluding hydrogens is 430 g/mol. The molecule has 1 heterocycles. The monoisotopic (exact) mass is 455 g/mol. The molecule has 9 heteroatoms. The lowest BCUT2D eigenvalue weighted by Crippen LogP contribution is -2.27. The van der Waals surface area contributed by atoms with Crippen LogP contribution in [0.3, 0.4) is 0 Å². The first-order chi connectivity index (χ1) is 15.2. The molecule has 32 heavy (non-hydrogen) atoms. The lowest BCUT2D eigenvalue weighted by atomic mass is 10.1. The summed E-state index contributed by atoms with van der Waals surface area (Å²) in [5.74, 6) is 0.962. The zero-order valence-corrected chi connectivity index (χ0v) is 19.1. The largest absolute Gasteiger partial charge is 0.479 e. The summed E-state index contributed by atoms with van der Waals surface area (Å²) in [5, 5.41) is 15.2. The molecule has 0 aliphatic carbocycles. The third kappa shape index (κ3) is 6.10. The van der Waals surface area contributed by atoms with Gasteiger partial charge in [-0.1, -0.05) is 18.2 Å². The molecule has 0 saturated carbocycles. The van der Waals surface area contributed by atoms with Gasteiger partial charge in [-0.2, -0.15) is 0 Å². The van der Waals surface area contributed by atoms with Crippen molar-refractivity contribution in [3.63, 3.8) is 0 Å². The molecule has 1 aromatic heterocycles. The number of hydrogen-bond donors (Lipinski definition) is 1. The normalized spacial score (nSPS) is 12.2. The number of nitro benzene ring substituents is 1. The van der Waals surface area contributed by atoms with Crippen molar-refractivity contribution in [2.75, 3.05) is 11.6 Å². The number of aromatic nitrogens is 1. The molecule has 0 saturated heterocycles. The average Bonchev–Trinajstić information content (AvgIpc) is 2.72. The van der Waals surface area contributed by atoms with Crippen LogP contribution in [-0.2, 0) is 11.2 Å². The number of carbonyl (C=O) groups is 1. The highest BCUT2D eigenvalue weighted by molar-refractivity contribution is 7.99. The Kier molecular flexibility index (Phi) is 7.19. The first-order valence-corrected chi connectivity index (χ1v) is 11.3. The van der Waals surface area contributed by atoms with Crippen molar-refractivity contribution in [2.45, 2.75) is 38.2 Å². The van der Waals surface area contributed by atoms with Crippen molar-refractivity contribution in [3.8, 4) is 5.75 Å². The SMILES string of the molecule is CSC(Cc1ccnc(NC(=O)OC(C)(C)C)c1)Oc1ccc([N+](=O)[O-])c2ccccc12. The molecule has 3 aromatic rings. The third-order valence-corrected chi connectivity index (χ3v) is 5.22. The van der Waals surface area contributed by atoms with Crippen LogP contribution in [0.2, 0.25) is 0 Å².